The molecule has 0 aliphatic heterocycles. The zero-order valence-corrected chi connectivity index (χ0v) is 16.6. The van der Waals surface area contributed by atoms with Crippen LogP contribution in [-0.2, 0) is 4.79 Å². The Bertz CT molecular complexity index is 973. The van der Waals surface area contributed by atoms with Gasteiger partial charge in [-0.25, -0.2) is 8.78 Å². The van der Waals surface area contributed by atoms with E-state index in [9.17, 15) is 13.6 Å². The molecule has 3 rings (SSSR count). The number of thioether (sulfide) groups is 1. The highest BCUT2D eigenvalue weighted by Gasteiger charge is 2.20. The minimum absolute atomic E-state index is 0.0545. The highest BCUT2D eigenvalue weighted by atomic mass is 32.2. The number of amides is 1. The summed E-state index contributed by atoms with van der Waals surface area (Å²) in [5.41, 5.74) is 0.855. The van der Waals surface area contributed by atoms with Crippen molar-refractivity contribution in [3.05, 3.63) is 60.2 Å². The molecule has 0 saturated carbocycles. The van der Waals surface area contributed by atoms with Gasteiger partial charge in [-0.2, -0.15) is 0 Å². The average molecular weight is 402 g/mol. The summed E-state index contributed by atoms with van der Waals surface area (Å²) in [5, 5.41) is 8.72. The molecule has 8 heteroatoms. The summed E-state index contributed by atoms with van der Waals surface area (Å²) in [6.45, 7) is 3.86. The molecule has 1 aromatic heterocycles. The molecule has 0 radical (unpaired) electrons. The van der Waals surface area contributed by atoms with Gasteiger partial charge < -0.3 is 4.90 Å². The van der Waals surface area contributed by atoms with E-state index in [0.717, 1.165) is 0 Å². The molecule has 28 heavy (non-hydrogen) atoms. The summed E-state index contributed by atoms with van der Waals surface area (Å²) in [5.74, 6) is -0.429. The molecule has 0 aliphatic rings. The monoisotopic (exact) mass is 402 g/mol. The molecule has 0 aliphatic carbocycles. The van der Waals surface area contributed by atoms with Crippen molar-refractivity contribution in [1.29, 1.82) is 0 Å². The number of rotatable bonds is 6. The van der Waals surface area contributed by atoms with Crippen LogP contribution in [0.5, 0.6) is 0 Å². The van der Waals surface area contributed by atoms with E-state index in [4.69, 9.17) is 0 Å². The van der Waals surface area contributed by atoms with Gasteiger partial charge in [0.1, 0.15) is 11.6 Å². The summed E-state index contributed by atoms with van der Waals surface area (Å²) in [6.07, 6.45) is 0. The van der Waals surface area contributed by atoms with E-state index in [-0.39, 0.29) is 34.9 Å². The van der Waals surface area contributed by atoms with Crippen LogP contribution in [0.15, 0.2) is 53.7 Å². The van der Waals surface area contributed by atoms with Crippen LogP contribution in [0.25, 0.3) is 17.1 Å². The predicted molar refractivity (Wildman–Crippen MR) is 105 cm³/mol. The van der Waals surface area contributed by atoms with Crippen molar-refractivity contribution >= 4 is 17.7 Å². The lowest BCUT2D eigenvalue weighted by atomic mass is 10.2. The highest BCUT2D eigenvalue weighted by Crippen LogP contribution is 2.29. The van der Waals surface area contributed by atoms with E-state index in [0.29, 0.717) is 10.8 Å². The summed E-state index contributed by atoms with van der Waals surface area (Å²) >= 11 is 1.20. The lowest BCUT2D eigenvalue weighted by molar-refractivity contribution is -0.128. The quantitative estimate of drug-likeness (QED) is 0.581. The van der Waals surface area contributed by atoms with Crippen LogP contribution in [0, 0.1) is 11.6 Å². The van der Waals surface area contributed by atoms with Crippen LogP contribution in [0.4, 0.5) is 8.78 Å². The first-order valence-corrected chi connectivity index (χ1v) is 9.71. The van der Waals surface area contributed by atoms with Crippen LogP contribution < -0.4 is 0 Å². The SMILES string of the molecule is CC(C)N(C)C(=O)CSc1nnc(-c2ccccc2F)n1-c1ccc(F)cc1. The van der Waals surface area contributed by atoms with Crippen molar-refractivity contribution in [3.8, 4) is 17.1 Å². The first-order chi connectivity index (χ1) is 13.4. The number of nitrogens with zero attached hydrogens (tertiary/aromatic N) is 4. The van der Waals surface area contributed by atoms with E-state index in [2.05, 4.69) is 10.2 Å². The zero-order chi connectivity index (χ0) is 20.3. The second-order valence-electron chi connectivity index (χ2n) is 6.48. The second-order valence-corrected chi connectivity index (χ2v) is 7.43. The molecule has 0 unspecified atom stereocenters. The maximum absolute atomic E-state index is 14.3. The van der Waals surface area contributed by atoms with Crippen molar-refractivity contribution < 1.29 is 13.6 Å². The fourth-order valence-corrected chi connectivity index (χ4v) is 3.40. The van der Waals surface area contributed by atoms with Crippen LogP contribution in [0.1, 0.15) is 13.8 Å². The number of carbonyl (C=O) groups is 1. The molecule has 0 N–H and O–H groups in total. The van der Waals surface area contributed by atoms with E-state index >= 15 is 0 Å². The summed E-state index contributed by atoms with van der Waals surface area (Å²) in [6, 6.07) is 12.1. The van der Waals surface area contributed by atoms with Crippen molar-refractivity contribution in [3.63, 3.8) is 0 Å². The Labute approximate surface area is 166 Å². The molecule has 1 heterocycles. The number of halogens is 2. The summed E-state index contributed by atoms with van der Waals surface area (Å²) < 4.78 is 29.4. The first kappa shape index (κ1) is 20.0. The van der Waals surface area contributed by atoms with Gasteiger partial charge in [0.05, 0.1) is 11.3 Å². The Kier molecular flexibility index (Phi) is 6.08. The molecule has 3 aromatic rings. The largest absolute Gasteiger partial charge is 0.343 e. The van der Waals surface area contributed by atoms with Gasteiger partial charge in [-0.15, -0.1) is 10.2 Å². The average Bonchev–Trinajstić information content (AvgIpc) is 3.10. The fraction of sp³-hybridized carbons (Fsp3) is 0.250. The Hall–Kier alpha value is -2.74. The first-order valence-electron chi connectivity index (χ1n) is 8.73. The van der Waals surface area contributed by atoms with E-state index < -0.39 is 5.82 Å². The minimum Gasteiger partial charge on any atom is -0.343 e. The Morgan fingerprint density at radius 2 is 1.79 bits per heavy atom. The number of hydrogen-bond acceptors (Lipinski definition) is 4. The standard InChI is InChI=1S/C20H20F2N4OS/c1-13(2)25(3)18(27)12-28-20-24-23-19(16-6-4-5-7-17(16)22)26(20)15-10-8-14(21)9-11-15/h4-11,13H,12H2,1-3H3. The fourth-order valence-electron chi connectivity index (χ4n) is 2.52. The molecule has 2 aromatic carbocycles. The molecular formula is C20H20F2N4OS. The van der Waals surface area contributed by atoms with Crippen LogP contribution in [0.2, 0.25) is 0 Å². The number of hydrogen-bond donors (Lipinski definition) is 0. The van der Waals surface area contributed by atoms with Crippen LogP contribution in [0.3, 0.4) is 0 Å². The molecule has 5 nitrogen and oxygen atoms in total. The molecule has 0 saturated heterocycles. The number of carbonyl (C=O) groups excluding carboxylic acids is 1. The second kappa shape index (κ2) is 8.52. The van der Waals surface area contributed by atoms with Gasteiger partial charge in [0, 0.05) is 18.8 Å². The minimum atomic E-state index is -0.439. The van der Waals surface area contributed by atoms with Gasteiger partial charge in [-0.3, -0.25) is 9.36 Å². The molecule has 0 atom stereocenters. The highest BCUT2D eigenvalue weighted by molar-refractivity contribution is 7.99. The number of aromatic nitrogens is 3. The van der Waals surface area contributed by atoms with Gasteiger partial charge in [0.15, 0.2) is 11.0 Å². The Balaban J connectivity index is 2.00. The Morgan fingerprint density at radius 1 is 1.11 bits per heavy atom. The Morgan fingerprint density at radius 3 is 2.43 bits per heavy atom. The normalized spacial score (nSPS) is 11.1. The van der Waals surface area contributed by atoms with Gasteiger partial charge in [0.2, 0.25) is 5.91 Å². The maximum Gasteiger partial charge on any atom is 0.233 e. The van der Waals surface area contributed by atoms with Crippen molar-refractivity contribution in [2.75, 3.05) is 12.8 Å². The third-order valence-electron chi connectivity index (χ3n) is 4.33. The molecule has 146 valence electrons. The maximum atomic E-state index is 14.3. The number of benzene rings is 2. The van der Waals surface area contributed by atoms with Crippen molar-refractivity contribution in [2.45, 2.75) is 25.0 Å². The third-order valence-corrected chi connectivity index (χ3v) is 5.24. The van der Waals surface area contributed by atoms with Crippen LogP contribution in [-0.4, -0.2) is 44.4 Å². The van der Waals surface area contributed by atoms with Crippen molar-refractivity contribution in [2.24, 2.45) is 0 Å². The molecular weight excluding hydrogens is 382 g/mol. The molecule has 0 spiro atoms. The zero-order valence-electron chi connectivity index (χ0n) is 15.8. The summed E-state index contributed by atoms with van der Waals surface area (Å²) in [4.78, 5) is 14.0. The lowest BCUT2D eigenvalue weighted by Crippen LogP contribution is -2.34. The summed E-state index contributed by atoms with van der Waals surface area (Å²) in [7, 11) is 1.74. The van der Waals surface area contributed by atoms with Gasteiger partial charge in [0.25, 0.3) is 0 Å². The van der Waals surface area contributed by atoms with Gasteiger partial charge >= 0.3 is 0 Å². The smallest absolute Gasteiger partial charge is 0.233 e. The molecule has 1 amide bonds. The van der Waals surface area contributed by atoms with Gasteiger partial charge in [-0.05, 0) is 50.2 Å². The predicted octanol–water partition coefficient (Wildman–Crippen LogP) is 4.17. The third kappa shape index (κ3) is 4.22. The topological polar surface area (TPSA) is 51.0 Å². The van der Waals surface area contributed by atoms with Crippen LogP contribution >= 0.6 is 11.8 Å². The van der Waals surface area contributed by atoms with E-state index in [1.54, 1.807) is 46.8 Å². The lowest BCUT2D eigenvalue weighted by Gasteiger charge is -2.21. The van der Waals surface area contributed by atoms with E-state index in [1.807, 2.05) is 13.8 Å². The van der Waals surface area contributed by atoms with Gasteiger partial charge in [-0.1, -0.05) is 23.9 Å². The molecule has 0 fully saturated rings. The molecule has 0 bridgehead atoms. The van der Waals surface area contributed by atoms with Crippen molar-refractivity contribution in [1.82, 2.24) is 19.7 Å². The van der Waals surface area contributed by atoms with E-state index in [1.165, 1.54) is 30.0 Å².